The molecule has 0 amide bonds. The Hall–Kier alpha value is -3.72. The average Bonchev–Trinajstić information content (AvgIpc) is 2.67. The Morgan fingerprint density at radius 3 is 2.58 bits per heavy atom. The van der Waals surface area contributed by atoms with Crippen LogP contribution in [0, 0.1) is 11.3 Å². The number of para-hydroxylation sites is 1. The lowest BCUT2D eigenvalue weighted by molar-refractivity contribution is 0.388. The summed E-state index contributed by atoms with van der Waals surface area (Å²) in [5.41, 5.74) is 7.01. The molecule has 1 aliphatic heterocycles. The number of benzene rings is 2. The predicted octanol–water partition coefficient (Wildman–Crippen LogP) is 3.02. The highest BCUT2D eigenvalue weighted by Crippen LogP contribution is 2.43. The van der Waals surface area contributed by atoms with Gasteiger partial charge in [0.1, 0.15) is 23.0 Å². The summed E-state index contributed by atoms with van der Waals surface area (Å²) in [6.07, 6.45) is 0. The maximum atomic E-state index is 12.7. The number of nitrogens with two attached hydrogens (primary N) is 1. The summed E-state index contributed by atoms with van der Waals surface area (Å²) in [5.74, 6) is 0.309. The molecule has 2 heterocycles. The molecule has 2 aromatic carbocycles. The van der Waals surface area contributed by atoms with Gasteiger partial charge in [-0.3, -0.25) is 0 Å². The van der Waals surface area contributed by atoms with Gasteiger partial charge in [0, 0.05) is 0 Å². The summed E-state index contributed by atoms with van der Waals surface area (Å²) in [6.45, 7) is 0. The van der Waals surface area contributed by atoms with E-state index in [1.54, 1.807) is 49.6 Å². The smallest absolute Gasteiger partial charge is 0.344 e. The lowest BCUT2D eigenvalue weighted by atomic mass is 9.84. The molecule has 1 aliphatic rings. The predicted molar refractivity (Wildman–Crippen MR) is 94.8 cm³/mol. The zero-order valence-corrected chi connectivity index (χ0v) is 13.9. The van der Waals surface area contributed by atoms with Crippen LogP contribution in [-0.4, -0.2) is 7.11 Å². The fourth-order valence-electron chi connectivity index (χ4n) is 3.20. The second-order valence-electron chi connectivity index (χ2n) is 5.83. The van der Waals surface area contributed by atoms with Crippen molar-refractivity contribution in [2.45, 2.75) is 5.92 Å². The molecule has 26 heavy (non-hydrogen) atoms. The summed E-state index contributed by atoms with van der Waals surface area (Å²) >= 11 is 0. The molecule has 6 nitrogen and oxygen atoms in total. The highest BCUT2D eigenvalue weighted by Gasteiger charge is 2.35. The van der Waals surface area contributed by atoms with Crippen molar-refractivity contribution in [1.29, 1.82) is 5.26 Å². The molecule has 3 aromatic rings. The van der Waals surface area contributed by atoms with Crippen molar-refractivity contribution in [3.63, 3.8) is 0 Å². The van der Waals surface area contributed by atoms with E-state index in [0.717, 1.165) is 5.56 Å². The van der Waals surface area contributed by atoms with E-state index in [1.807, 2.05) is 6.07 Å². The van der Waals surface area contributed by atoms with Crippen molar-refractivity contribution in [1.82, 2.24) is 0 Å². The van der Waals surface area contributed by atoms with Crippen molar-refractivity contribution in [2.24, 2.45) is 5.73 Å². The van der Waals surface area contributed by atoms with E-state index in [1.165, 1.54) is 0 Å². The minimum absolute atomic E-state index is 0.0171. The molecule has 1 atom stereocenters. The fraction of sp³-hybridized carbons (Fsp3) is 0.100. The van der Waals surface area contributed by atoms with Crippen LogP contribution in [0.25, 0.3) is 11.0 Å². The van der Waals surface area contributed by atoms with Gasteiger partial charge >= 0.3 is 5.63 Å². The van der Waals surface area contributed by atoms with Crippen LogP contribution in [0.3, 0.4) is 0 Å². The Morgan fingerprint density at radius 1 is 1.15 bits per heavy atom. The maximum absolute atomic E-state index is 12.7. The molecule has 2 N–H and O–H groups in total. The third-order valence-electron chi connectivity index (χ3n) is 4.42. The molecule has 1 aromatic heterocycles. The molecule has 0 radical (unpaired) electrons. The van der Waals surface area contributed by atoms with Crippen LogP contribution in [0.1, 0.15) is 17.0 Å². The molecule has 4 rings (SSSR count). The van der Waals surface area contributed by atoms with Crippen LogP contribution in [0.15, 0.2) is 69.2 Å². The largest absolute Gasteiger partial charge is 0.497 e. The summed E-state index contributed by atoms with van der Waals surface area (Å²) in [5, 5.41) is 10.2. The SMILES string of the molecule is COc1ccc([C@@H]2C(C#N)=C(N)Oc3c2c(=O)oc2ccccc32)cc1. The molecule has 0 spiro atoms. The minimum Gasteiger partial charge on any atom is -0.497 e. The summed E-state index contributed by atoms with van der Waals surface area (Å²) in [6, 6.07) is 16.2. The molecule has 0 saturated heterocycles. The minimum atomic E-state index is -0.671. The van der Waals surface area contributed by atoms with Crippen LogP contribution >= 0.6 is 0 Å². The highest BCUT2D eigenvalue weighted by atomic mass is 16.5. The first kappa shape index (κ1) is 15.8. The van der Waals surface area contributed by atoms with Crippen LogP contribution < -0.4 is 20.8 Å². The molecule has 128 valence electrons. The van der Waals surface area contributed by atoms with Gasteiger partial charge in [-0.05, 0) is 29.8 Å². The van der Waals surface area contributed by atoms with E-state index in [9.17, 15) is 10.1 Å². The molecule has 0 fully saturated rings. The second-order valence-corrected chi connectivity index (χ2v) is 5.83. The Balaban J connectivity index is 2.03. The fourth-order valence-corrected chi connectivity index (χ4v) is 3.20. The number of rotatable bonds is 2. The van der Waals surface area contributed by atoms with Crippen LogP contribution in [0.5, 0.6) is 11.5 Å². The normalized spacial score (nSPS) is 15.9. The first-order valence-corrected chi connectivity index (χ1v) is 7.91. The quantitative estimate of drug-likeness (QED) is 0.716. The second kappa shape index (κ2) is 5.97. The molecular formula is C20H14N2O4. The molecular weight excluding hydrogens is 332 g/mol. The van der Waals surface area contributed by atoms with Gasteiger partial charge in [-0.1, -0.05) is 24.3 Å². The van der Waals surface area contributed by atoms with E-state index >= 15 is 0 Å². The van der Waals surface area contributed by atoms with Gasteiger partial charge in [-0.25, -0.2) is 4.79 Å². The van der Waals surface area contributed by atoms with E-state index < -0.39 is 11.5 Å². The monoisotopic (exact) mass is 346 g/mol. The molecule has 0 bridgehead atoms. The topological polar surface area (TPSA) is 98.5 Å². The lowest BCUT2D eigenvalue weighted by Gasteiger charge is -2.26. The zero-order chi connectivity index (χ0) is 18.3. The Kier molecular flexibility index (Phi) is 3.63. The third kappa shape index (κ3) is 2.30. The summed E-state index contributed by atoms with van der Waals surface area (Å²) in [4.78, 5) is 12.7. The van der Waals surface area contributed by atoms with Gasteiger partial charge in [0.05, 0.1) is 24.0 Å². The first-order valence-electron chi connectivity index (χ1n) is 7.91. The Bertz CT molecular complexity index is 1140. The number of nitriles is 1. The maximum Gasteiger partial charge on any atom is 0.344 e. The van der Waals surface area contributed by atoms with Crippen molar-refractivity contribution in [2.75, 3.05) is 7.11 Å². The summed E-state index contributed by atoms with van der Waals surface area (Å²) < 4.78 is 16.3. The Morgan fingerprint density at radius 2 is 1.88 bits per heavy atom. The molecule has 0 unspecified atom stereocenters. The number of nitrogens with zero attached hydrogens (tertiary/aromatic N) is 1. The number of methoxy groups -OCH3 is 1. The van der Waals surface area contributed by atoms with Crippen molar-refractivity contribution < 1.29 is 13.9 Å². The number of ether oxygens (including phenoxy) is 2. The standard InChI is InChI=1S/C20H14N2O4/c1-24-12-8-6-11(7-9-12)16-14(10-21)19(22)26-18-13-4-2-3-5-15(13)25-20(23)17(16)18/h2-9,16H,22H2,1H3/t16-/m1/s1. The van der Waals surface area contributed by atoms with Crippen LogP contribution in [-0.2, 0) is 0 Å². The third-order valence-corrected chi connectivity index (χ3v) is 4.42. The average molecular weight is 346 g/mol. The van der Waals surface area contributed by atoms with E-state index in [-0.39, 0.29) is 17.0 Å². The van der Waals surface area contributed by atoms with Gasteiger partial charge in [-0.15, -0.1) is 0 Å². The van der Waals surface area contributed by atoms with Gasteiger partial charge in [0.2, 0.25) is 5.88 Å². The van der Waals surface area contributed by atoms with Crippen molar-refractivity contribution in [3.8, 4) is 17.6 Å². The first-order chi connectivity index (χ1) is 12.6. The number of hydrogen-bond acceptors (Lipinski definition) is 6. The number of allylic oxidation sites excluding steroid dienone is 1. The summed E-state index contributed by atoms with van der Waals surface area (Å²) in [7, 11) is 1.57. The van der Waals surface area contributed by atoms with Crippen molar-refractivity contribution in [3.05, 3.63) is 81.5 Å². The van der Waals surface area contributed by atoms with Gasteiger partial charge in [-0.2, -0.15) is 5.26 Å². The van der Waals surface area contributed by atoms with Crippen LogP contribution in [0.4, 0.5) is 0 Å². The molecule has 0 aliphatic carbocycles. The van der Waals surface area contributed by atoms with Gasteiger partial charge < -0.3 is 19.6 Å². The molecule has 0 saturated carbocycles. The van der Waals surface area contributed by atoms with Gasteiger partial charge in [0.15, 0.2) is 5.75 Å². The highest BCUT2D eigenvalue weighted by molar-refractivity contribution is 5.86. The van der Waals surface area contributed by atoms with Crippen molar-refractivity contribution >= 4 is 11.0 Å². The lowest BCUT2D eigenvalue weighted by Crippen LogP contribution is -2.26. The van der Waals surface area contributed by atoms with E-state index in [2.05, 4.69) is 6.07 Å². The Labute approximate surface area is 148 Å². The molecule has 6 heteroatoms. The number of hydrogen-bond donors (Lipinski definition) is 1. The number of fused-ring (bicyclic) bond motifs is 3. The van der Waals surface area contributed by atoms with Crippen LogP contribution in [0.2, 0.25) is 0 Å². The van der Waals surface area contributed by atoms with Gasteiger partial charge in [0.25, 0.3) is 0 Å². The zero-order valence-electron chi connectivity index (χ0n) is 13.9. The van der Waals surface area contributed by atoms with E-state index in [0.29, 0.717) is 22.5 Å². The van der Waals surface area contributed by atoms with E-state index in [4.69, 9.17) is 19.6 Å².